The topological polar surface area (TPSA) is 28.1 Å². The van der Waals surface area contributed by atoms with Crippen molar-refractivity contribution in [1.82, 2.24) is 0 Å². The molecule has 0 radical (unpaired) electrons. The quantitative estimate of drug-likeness (QED) is 0.313. The molecule has 0 spiro atoms. The van der Waals surface area contributed by atoms with Crippen LogP contribution in [0, 0.1) is 5.39 Å². The molecule has 0 heterocycles. The summed E-state index contributed by atoms with van der Waals surface area (Å²) in [5, 5.41) is 8.29. The second kappa shape index (κ2) is 6.25. The van der Waals surface area contributed by atoms with E-state index >= 15 is 0 Å². The summed E-state index contributed by atoms with van der Waals surface area (Å²) < 4.78 is 39.0. The second-order valence-corrected chi connectivity index (χ2v) is 2.66. The minimum Gasteiger partial charge on any atom is -0.418 e. The second-order valence-electron chi connectivity index (χ2n) is 2.39. The van der Waals surface area contributed by atoms with Crippen molar-refractivity contribution in [3.05, 3.63) is 34.8 Å². The van der Waals surface area contributed by atoms with E-state index in [1.807, 2.05) is 12.1 Å². The molecule has 0 unspecified atom stereocenters. The van der Waals surface area contributed by atoms with Gasteiger partial charge in [0.2, 0.25) is 5.39 Å². The Morgan fingerprint density at radius 1 is 1.13 bits per heavy atom. The van der Waals surface area contributed by atoms with Gasteiger partial charge in [-0.2, -0.15) is 0 Å². The summed E-state index contributed by atoms with van der Waals surface area (Å²) in [7, 11) is -6.00. The fourth-order valence-electron chi connectivity index (χ4n) is 0.652. The van der Waals surface area contributed by atoms with Crippen LogP contribution in [-0.4, -0.2) is 7.25 Å². The van der Waals surface area contributed by atoms with E-state index in [0.717, 1.165) is 5.56 Å². The molecule has 1 aromatic rings. The molecular weight excluding hydrogens is 234 g/mol. The third-order valence-corrected chi connectivity index (χ3v) is 1.51. The van der Waals surface area contributed by atoms with E-state index in [1.165, 1.54) is 0 Å². The summed E-state index contributed by atoms with van der Waals surface area (Å²) in [5.74, 6) is 0.492. The third kappa shape index (κ3) is 9.03. The fourth-order valence-corrected chi connectivity index (χ4v) is 0.830. The van der Waals surface area contributed by atoms with Crippen molar-refractivity contribution in [3.8, 4) is 0 Å². The Kier molecular flexibility index (Phi) is 5.71. The molecule has 0 aliphatic carbocycles. The fraction of sp³-hybridized carbons (Fsp3) is 0.143. The number of diazo groups is 1. The number of alkyl halides is 1. The molecule has 0 aliphatic rings. The number of hydrogen-bond acceptors (Lipinski definition) is 1. The molecule has 0 saturated carbocycles. The van der Waals surface area contributed by atoms with Gasteiger partial charge in [0.05, 0.1) is 0 Å². The van der Waals surface area contributed by atoms with Crippen molar-refractivity contribution in [2.24, 2.45) is 0 Å². The van der Waals surface area contributed by atoms with Gasteiger partial charge in [-0.3, -0.25) is 0 Å². The van der Waals surface area contributed by atoms with Crippen LogP contribution in [0.1, 0.15) is 5.56 Å². The van der Waals surface area contributed by atoms with Crippen LogP contribution in [0.4, 0.5) is 23.0 Å². The average Bonchev–Trinajstić information content (AvgIpc) is 2.15. The summed E-state index contributed by atoms with van der Waals surface area (Å²) >= 11 is 5.53. The lowest BCUT2D eigenvalue weighted by atomic mass is 10.2. The summed E-state index contributed by atoms with van der Waals surface area (Å²) in [6.45, 7) is 0. The smallest absolute Gasteiger partial charge is 0.418 e. The highest BCUT2D eigenvalue weighted by atomic mass is 35.5. The van der Waals surface area contributed by atoms with Gasteiger partial charge in [-0.15, -0.1) is 11.6 Å². The zero-order chi connectivity index (χ0) is 11.9. The number of nitrogens with zero attached hydrogens (tertiary/aromatic N) is 2. The van der Waals surface area contributed by atoms with Crippen LogP contribution in [0.25, 0.3) is 4.98 Å². The summed E-state index contributed by atoms with van der Waals surface area (Å²) in [6.07, 6.45) is 0. The van der Waals surface area contributed by atoms with Crippen LogP contribution in [0.2, 0.25) is 0 Å². The molecule has 8 heteroatoms. The Bertz CT molecular complexity index is 326. The van der Waals surface area contributed by atoms with E-state index < -0.39 is 7.25 Å². The maximum absolute atomic E-state index is 9.75. The van der Waals surface area contributed by atoms with Crippen LogP contribution in [0.15, 0.2) is 24.3 Å². The predicted octanol–water partition coefficient (Wildman–Crippen LogP) is 4.21. The molecule has 1 rings (SSSR count). The molecule has 15 heavy (non-hydrogen) atoms. The maximum Gasteiger partial charge on any atom is 0.673 e. The number of halogens is 5. The van der Waals surface area contributed by atoms with Crippen LogP contribution in [0.3, 0.4) is 0 Å². The first kappa shape index (κ1) is 13.7. The van der Waals surface area contributed by atoms with Gasteiger partial charge in [0.1, 0.15) is 0 Å². The lowest BCUT2D eigenvalue weighted by Crippen LogP contribution is -2.02. The molecule has 0 N–H and O–H groups in total. The van der Waals surface area contributed by atoms with Crippen molar-refractivity contribution >= 4 is 24.5 Å². The van der Waals surface area contributed by atoms with Crippen LogP contribution in [-0.2, 0) is 5.88 Å². The number of hydrogen-bond donors (Lipinski definition) is 0. The van der Waals surface area contributed by atoms with E-state index in [1.54, 1.807) is 12.1 Å². The molecule has 0 aromatic heterocycles. The molecule has 0 aliphatic heterocycles. The van der Waals surface area contributed by atoms with Crippen LogP contribution >= 0.6 is 11.6 Å². The van der Waals surface area contributed by atoms with Gasteiger partial charge >= 0.3 is 12.9 Å². The highest BCUT2D eigenvalue weighted by molar-refractivity contribution is 6.50. The minimum atomic E-state index is -6.00. The largest absolute Gasteiger partial charge is 0.673 e. The lowest BCUT2D eigenvalue weighted by molar-refractivity contribution is 0.368. The van der Waals surface area contributed by atoms with Crippen molar-refractivity contribution in [1.29, 1.82) is 5.39 Å². The number of rotatable bonds is 1. The normalized spacial score (nSPS) is 9.87. The highest BCUT2D eigenvalue weighted by Crippen LogP contribution is 2.13. The molecule has 0 amide bonds. The van der Waals surface area contributed by atoms with Crippen LogP contribution in [0.5, 0.6) is 0 Å². The minimum absolute atomic E-state index is 0.492. The SMILES string of the molecule is F[B-](F)(F)F.N#[N+]c1ccc(CCl)cc1. The Balaban J connectivity index is 0.000000336. The van der Waals surface area contributed by atoms with E-state index in [2.05, 4.69) is 4.98 Å². The van der Waals surface area contributed by atoms with Gasteiger partial charge in [-0.05, 0) is 17.7 Å². The van der Waals surface area contributed by atoms with Crippen molar-refractivity contribution in [3.63, 3.8) is 0 Å². The van der Waals surface area contributed by atoms with Crippen molar-refractivity contribution in [2.45, 2.75) is 5.88 Å². The van der Waals surface area contributed by atoms with Crippen molar-refractivity contribution < 1.29 is 17.3 Å². The highest BCUT2D eigenvalue weighted by Gasteiger charge is 2.20. The van der Waals surface area contributed by atoms with E-state index in [0.29, 0.717) is 11.6 Å². The molecule has 2 nitrogen and oxygen atoms in total. The first-order valence-electron chi connectivity index (χ1n) is 3.74. The van der Waals surface area contributed by atoms with Gasteiger partial charge in [0.25, 0.3) is 0 Å². The predicted molar refractivity (Wildman–Crippen MR) is 50.9 cm³/mol. The van der Waals surface area contributed by atoms with E-state index in [4.69, 9.17) is 17.0 Å². The van der Waals surface area contributed by atoms with Gasteiger partial charge in [-0.1, -0.05) is 0 Å². The lowest BCUT2D eigenvalue weighted by Gasteiger charge is -1.94. The molecule has 82 valence electrons. The van der Waals surface area contributed by atoms with Gasteiger partial charge < -0.3 is 17.3 Å². The molecular formula is C7H6BClF4N2. The van der Waals surface area contributed by atoms with Crippen LogP contribution < -0.4 is 0 Å². The zero-order valence-electron chi connectivity index (χ0n) is 7.38. The van der Waals surface area contributed by atoms with Gasteiger partial charge in [-0.25, -0.2) is 0 Å². The monoisotopic (exact) mass is 240 g/mol. The molecule has 0 saturated heterocycles. The van der Waals surface area contributed by atoms with Gasteiger partial charge in [0, 0.05) is 18.0 Å². The molecule has 0 atom stereocenters. The Morgan fingerprint density at radius 3 is 1.80 bits per heavy atom. The van der Waals surface area contributed by atoms with Gasteiger partial charge in [0.15, 0.2) is 4.98 Å². The van der Waals surface area contributed by atoms with E-state index in [9.17, 15) is 17.3 Å². The standard InChI is InChI=1S/C7H6ClN2.BF4/c8-5-6-1-3-7(10-9)4-2-6;2-1(3,4)5/h1-4H,5H2;/q+1;-1. The average molecular weight is 240 g/mol. The molecule has 0 bridgehead atoms. The Morgan fingerprint density at radius 2 is 1.53 bits per heavy atom. The molecule has 1 aromatic carbocycles. The third-order valence-electron chi connectivity index (χ3n) is 1.21. The summed E-state index contributed by atoms with van der Waals surface area (Å²) in [5.41, 5.74) is 1.57. The Labute approximate surface area is 88.6 Å². The van der Waals surface area contributed by atoms with E-state index in [-0.39, 0.29) is 0 Å². The zero-order valence-corrected chi connectivity index (χ0v) is 8.13. The summed E-state index contributed by atoms with van der Waals surface area (Å²) in [4.78, 5) is 3.00. The van der Waals surface area contributed by atoms with Crippen molar-refractivity contribution in [2.75, 3.05) is 0 Å². The Hall–Kier alpha value is -1.29. The summed E-state index contributed by atoms with van der Waals surface area (Å²) in [6, 6.07) is 7.06. The first-order valence-corrected chi connectivity index (χ1v) is 4.27. The first-order chi connectivity index (χ1) is 6.86. The molecule has 0 fully saturated rings. The maximum atomic E-state index is 9.75. The number of benzene rings is 1.